The highest BCUT2D eigenvalue weighted by Crippen LogP contribution is 2.22. The summed E-state index contributed by atoms with van der Waals surface area (Å²) in [4.78, 5) is 32.0. The summed E-state index contributed by atoms with van der Waals surface area (Å²) < 4.78 is 0. The van der Waals surface area contributed by atoms with Crippen LogP contribution in [0.2, 0.25) is 0 Å². The Morgan fingerprint density at radius 1 is 1.26 bits per heavy atom. The molecule has 2 aromatic rings. The van der Waals surface area contributed by atoms with Gasteiger partial charge in [0.2, 0.25) is 11.9 Å². The van der Waals surface area contributed by atoms with E-state index in [2.05, 4.69) is 46.5 Å². The molecule has 2 rings (SSSR count). The second-order valence-corrected chi connectivity index (χ2v) is 7.54. The maximum absolute atomic E-state index is 12.1. The predicted molar refractivity (Wildman–Crippen MR) is 106 cm³/mol. The van der Waals surface area contributed by atoms with Crippen LogP contribution in [0.25, 0.3) is 0 Å². The van der Waals surface area contributed by atoms with Gasteiger partial charge in [0.05, 0.1) is 6.61 Å². The molecule has 0 saturated heterocycles. The average molecular weight is 372 g/mol. The highest BCUT2D eigenvalue weighted by molar-refractivity contribution is 5.94. The molecule has 0 radical (unpaired) electrons. The molecule has 1 amide bonds. The first-order valence-electron chi connectivity index (χ1n) is 8.89. The van der Waals surface area contributed by atoms with E-state index in [1.54, 1.807) is 19.1 Å². The van der Waals surface area contributed by atoms with Crippen LogP contribution in [-0.2, 0) is 4.84 Å². The van der Waals surface area contributed by atoms with Crippen LogP contribution < -0.4 is 15.7 Å². The van der Waals surface area contributed by atoms with E-state index in [1.807, 2.05) is 24.9 Å². The minimum absolute atomic E-state index is 0.119. The van der Waals surface area contributed by atoms with Crippen molar-refractivity contribution >= 4 is 23.5 Å². The first-order valence-corrected chi connectivity index (χ1v) is 8.89. The normalized spacial score (nSPS) is 11.2. The van der Waals surface area contributed by atoms with Gasteiger partial charge in [0, 0.05) is 24.8 Å². The highest BCUT2D eigenvalue weighted by atomic mass is 16.6. The molecule has 8 nitrogen and oxygen atoms in total. The number of anilines is 3. The first-order chi connectivity index (χ1) is 12.7. The SMILES string of the molecule is CCONC(=O)c1ccc(C)c(Nc2ncnc(N(C)CC(C)(C)C)n2)c1. The summed E-state index contributed by atoms with van der Waals surface area (Å²) in [5.74, 6) is 0.706. The number of hydrogen-bond donors (Lipinski definition) is 2. The van der Waals surface area contributed by atoms with Crippen LogP contribution in [0.3, 0.4) is 0 Å². The number of carbonyl (C=O) groups is 1. The van der Waals surface area contributed by atoms with Gasteiger partial charge in [-0.05, 0) is 37.0 Å². The molecule has 0 unspecified atom stereocenters. The molecular weight excluding hydrogens is 344 g/mol. The van der Waals surface area contributed by atoms with Crippen molar-refractivity contribution < 1.29 is 9.63 Å². The molecule has 0 fully saturated rings. The minimum Gasteiger partial charge on any atom is -0.343 e. The molecule has 0 aliphatic carbocycles. The van der Waals surface area contributed by atoms with Gasteiger partial charge in [-0.2, -0.15) is 4.98 Å². The minimum atomic E-state index is -0.304. The number of nitrogens with zero attached hydrogens (tertiary/aromatic N) is 4. The second kappa shape index (κ2) is 8.77. The zero-order valence-corrected chi connectivity index (χ0v) is 16.8. The van der Waals surface area contributed by atoms with Crippen LogP contribution in [-0.4, -0.2) is 41.1 Å². The predicted octanol–water partition coefficient (Wildman–Crippen LogP) is 3.09. The molecular formula is C19H28N6O2. The zero-order valence-electron chi connectivity index (χ0n) is 16.8. The lowest BCUT2D eigenvalue weighted by molar-refractivity contribution is 0.0364. The number of amides is 1. The first kappa shape index (κ1) is 20.6. The molecule has 0 bridgehead atoms. The van der Waals surface area contributed by atoms with Gasteiger partial charge in [0.25, 0.3) is 5.91 Å². The molecule has 0 aliphatic rings. The Bertz CT molecular complexity index is 788. The summed E-state index contributed by atoms with van der Waals surface area (Å²) in [7, 11) is 1.95. The van der Waals surface area contributed by atoms with Gasteiger partial charge >= 0.3 is 0 Å². The van der Waals surface area contributed by atoms with Crippen molar-refractivity contribution in [2.75, 3.05) is 30.4 Å². The number of nitrogens with one attached hydrogen (secondary N) is 2. The quantitative estimate of drug-likeness (QED) is 0.722. The summed E-state index contributed by atoms with van der Waals surface area (Å²) in [5.41, 5.74) is 4.70. The van der Waals surface area contributed by atoms with E-state index in [0.29, 0.717) is 24.1 Å². The van der Waals surface area contributed by atoms with Crippen LogP contribution in [0, 0.1) is 12.3 Å². The number of aromatic nitrogens is 3. The van der Waals surface area contributed by atoms with Gasteiger partial charge in [0.1, 0.15) is 6.33 Å². The van der Waals surface area contributed by atoms with Gasteiger partial charge < -0.3 is 10.2 Å². The topological polar surface area (TPSA) is 92.3 Å². The molecule has 0 aliphatic heterocycles. The molecule has 1 aromatic heterocycles. The van der Waals surface area contributed by atoms with Crippen molar-refractivity contribution in [3.05, 3.63) is 35.7 Å². The fourth-order valence-corrected chi connectivity index (χ4v) is 2.53. The molecule has 1 heterocycles. The van der Waals surface area contributed by atoms with Gasteiger partial charge in [-0.15, -0.1) is 0 Å². The summed E-state index contributed by atoms with van der Waals surface area (Å²) in [5, 5.41) is 3.17. The molecule has 0 atom stereocenters. The van der Waals surface area contributed by atoms with E-state index in [4.69, 9.17) is 4.84 Å². The summed E-state index contributed by atoms with van der Waals surface area (Å²) in [6.07, 6.45) is 1.48. The van der Waals surface area contributed by atoms with E-state index in [1.165, 1.54) is 6.33 Å². The maximum Gasteiger partial charge on any atom is 0.274 e. The summed E-state index contributed by atoms with van der Waals surface area (Å²) in [6.45, 7) is 11.4. The third-order valence-corrected chi connectivity index (χ3v) is 3.67. The monoisotopic (exact) mass is 372 g/mol. The Kier molecular flexibility index (Phi) is 6.68. The third-order valence-electron chi connectivity index (χ3n) is 3.67. The largest absolute Gasteiger partial charge is 0.343 e. The Morgan fingerprint density at radius 3 is 2.67 bits per heavy atom. The van der Waals surface area contributed by atoms with Gasteiger partial charge in [0.15, 0.2) is 0 Å². The molecule has 1 aromatic carbocycles. The third kappa shape index (κ3) is 6.18. The van der Waals surface area contributed by atoms with Crippen LogP contribution in [0.1, 0.15) is 43.6 Å². The molecule has 2 N–H and O–H groups in total. The number of aryl methyl sites for hydroxylation is 1. The van der Waals surface area contributed by atoms with Crippen molar-refractivity contribution in [1.82, 2.24) is 20.4 Å². The summed E-state index contributed by atoms with van der Waals surface area (Å²) >= 11 is 0. The molecule has 8 heteroatoms. The van der Waals surface area contributed by atoms with Gasteiger partial charge in [-0.1, -0.05) is 26.8 Å². The molecule has 27 heavy (non-hydrogen) atoms. The molecule has 0 spiro atoms. The van der Waals surface area contributed by atoms with Crippen molar-refractivity contribution in [3.63, 3.8) is 0 Å². The lowest BCUT2D eigenvalue weighted by Gasteiger charge is -2.26. The zero-order chi connectivity index (χ0) is 20.0. The van der Waals surface area contributed by atoms with Crippen LogP contribution >= 0.6 is 0 Å². The Morgan fingerprint density at radius 2 is 2.00 bits per heavy atom. The van der Waals surface area contributed by atoms with E-state index in [0.717, 1.165) is 17.8 Å². The maximum atomic E-state index is 12.1. The van der Waals surface area contributed by atoms with E-state index >= 15 is 0 Å². The highest BCUT2D eigenvalue weighted by Gasteiger charge is 2.16. The average Bonchev–Trinajstić information content (AvgIpc) is 2.60. The summed E-state index contributed by atoms with van der Waals surface area (Å²) in [6, 6.07) is 5.34. The van der Waals surface area contributed by atoms with Crippen LogP contribution in [0.4, 0.5) is 17.6 Å². The number of rotatable bonds is 7. The van der Waals surface area contributed by atoms with Crippen molar-refractivity contribution in [2.45, 2.75) is 34.6 Å². The van der Waals surface area contributed by atoms with E-state index < -0.39 is 0 Å². The second-order valence-electron chi connectivity index (χ2n) is 7.54. The Hall–Kier alpha value is -2.74. The number of hydroxylamine groups is 1. The molecule has 146 valence electrons. The Labute approximate surface area is 160 Å². The van der Waals surface area contributed by atoms with Crippen molar-refractivity contribution in [2.24, 2.45) is 5.41 Å². The van der Waals surface area contributed by atoms with Gasteiger partial charge in [-0.25, -0.2) is 15.4 Å². The Balaban J connectivity index is 2.19. The fourth-order valence-electron chi connectivity index (χ4n) is 2.53. The van der Waals surface area contributed by atoms with E-state index in [9.17, 15) is 4.79 Å². The lowest BCUT2D eigenvalue weighted by Crippen LogP contribution is -2.30. The van der Waals surface area contributed by atoms with Gasteiger partial charge in [-0.3, -0.25) is 9.63 Å². The van der Waals surface area contributed by atoms with Crippen molar-refractivity contribution in [1.29, 1.82) is 0 Å². The molecule has 0 saturated carbocycles. The number of hydrogen-bond acceptors (Lipinski definition) is 7. The smallest absolute Gasteiger partial charge is 0.274 e. The van der Waals surface area contributed by atoms with E-state index in [-0.39, 0.29) is 11.3 Å². The van der Waals surface area contributed by atoms with Crippen LogP contribution in [0.15, 0.2) is 24.5 Å². The fraction of sp³-hybridized carbons (Fsp3) is 0.474. The standard InChI is InChI=1S/C19H28N6O2/c1-7-27-24-16(26)14-9-8-13(2)15(10-14)22-17-20-12-21-18(23-17)25(6)11-19(3,4)5/h8-10,12H,7,11H2,1-6H3,(H,24,26)(H,20,21,22,23). The lowest BCUT2D eigenvalue weighted by atomic mass is 9.96. The number of carbonyl (C=O) groups excluding carboxylic acids is 1. The van der Waals surface area contributed by atoms with Crippen LogP contribution in [0.5, 0.6) is 0 Å². The number of benzene rings is 1. The van der Waals surface area contributed by atoms with Crippen molar-refractivity contribution in [3.8, 4) is 0 Å².